The number of rotatable bonds is 6. The monoisotopic (exact) mass is 452 g/mol. The second-order valence-corrected chi connectivity index (χ2v) is 10.5. The van der Waals surface area contributed by atoms with Crippen molar-refractivity contribution in [1.82, 2.24) is 23.8 Å². The average Bonchev–Trinajstić information content (AvgIpc) is 3.47. The van der Waals surface area contributed by atoms with Crippen LogP contribution in [0, 0.1) is 0 Å². The predicted octanol–water partition coefficient (Wildman–Crippen LogP) is 2.36. The first-order valence-electron chi connectivity index (χ1n) is 10.3. The molecule has 0 spiro atoms. The first kappa shape index (κ1) is 20.2. The summed E-state index contributed by atoms with van der Waals surface area (Å²) in [6.45, 7) is 1.46. The van der Waals surface area contributed by atoms with Gasteiger partial charge in [0.2, 0.25) is 5.95 Å². The van der Waals surface area contributed by atoms with E-state index in [1.807, 2.05) is 7.05 Å². The molecule has 11 heteroatoms. The second-order valence-electron chi connectivity index (χ2n) is 8.39. The summed E-state index contributed by atoms with van der Waals surface area (Å²) in [7, 11) is -1.99. The number of halogens is 1. The van der Waals surface area contributed by atoms with E-state index in [4.69, 9.17) is 0 Å². The van der Waals surface area contributed by atoms with E-state index in [0.29, 0.717) is 6.54 Å². The third kappa shape index (κ3) is 3.61. The Bertz CT molecular complexity index is 1050. The number of likely N-dealkylation sites (tertiary alicyclic amines) is 1. The fourth-order valence-corrected chi connectivity index (χ4v) is 6.34. The maximum atomic E-state index is 13.6. The smallest absolute Gasteiger partial charge is 0.285 e. The normalized spacial score (nSPS) is 21.2. The number of fused-ring (bicyclic) bond motifs is 2. The number of nitrogens with zero attached hydrogens (tertiary/aromatic N) is 4. The Labute approximate surface area is 180 Å². The van der Waals surface area contributed by atoms with E-state index < -0.39 is 15.2 Å². The van der Waals surface area contributed by atoms with Gasteiger partial charge in [-0.3, -0.25) is 0 Å². The fourth-order valence-electron chi connectivity index (χ4n) is 4.90. The Morgan fingerprint density at radius 1 is 1.17 bits per heavy atom. The summed E-state index contributed by atoms with van der Waals surface area (Å²) >= 11 is -0.159. The van der Waals surface area contributed by atoms with Crippen LogP contribution in [0.4, 0.5) is 15.5 Å². The van der Waals surface area contributed by atoms with Crippen LogP contribution in [0.5, 0.6) is 0 Å². The third-order valence-electron chi connectivity index (χ3n) is 6.29. The molecular formula is C19H25FN6O2S2. The van der Waals surface area contributed by atoms with Crippen LogP contribution in [0.2, 0.25) is 0 Å². The number of aryl methyl sites for hydroxylation is 2. The van der Waals surface area contributed by atoms with Gasteiger partial charge in [-0.2, -0.15) is 4.98 Å². The predicted molar refractivity (Wildman–Crippen MR) is 114 cm³/mol. The largest absolute Gasteiger partial charge is 0.323 e. The van der Waals surface area contributed by atoms with Crippen molar-refractivity contribution >= 4 is 34.0 Å². The molecule has 162 valence electrons. The van der Waals surface area contributed by atoms with E-state index in [9.17, 15) is 12.3 Å². The number of likely N-dealkylation sites (N-methyl/N-ethyl adjacent to an activating group) is 1. The van der Waals surface area contributed by atoms with Crippen molar-refractivity contribution in [1.29, 1.82) is 0 Å². The van der Waals surface area contributed by atoms with Gasteiger partial charge in [-0.25, -0.2) is 13.1 Å². The van der Waals surface area contributed by atoms with Crippen molar-refractivity contribution in [2.24, 2.45) is 0 Å². The average molecular weight is 453 g/mol. The summed E-state index contributed by atoms with van der Waals surface area (Å²) in [6.07, 6.45) is 6.92. The Morgan fingerprint density at radius 2 is 1.87 bits per heavy atom. The quantitative estimate of drug-likeness (QED) is 0.695. The van der Waals surface area contributed by atoms with Gasteiger partial charge in [-0.1, -0.05) is 6.07 Å². The Morgan fingerprint density at radius 3 is 2.47 bits per heavy atom. The number of sulfonamides is 1. The highest BCUT2D eigenvalue weighted by atomic mass is 32.2. The van der Waals surface area contributed by atoms with Crippen molar-refractivity contribution in [3.63, 3.8) is 0 Å². The number of hydrogen-bond acceptors (Lipinski definition) is 7. The van der Waals surface area contributed by atoms with Crippen molar-refractivity contribution in [2.75, 3.05) is 25.5 Å². The van der Waals surface area contributed by atoms with E-state index in [0.717, 1.165) is 61.3 Å². The van der Waals surface area contributed by atoms with Crippen LogP contribution < -0.4 is 10.0 Å². The van der Waals surface area contributed by atoms with E-state index in [1.54, 1.807) is 0 Å². The molecule has 3 aliphatic rings. The maximum absolute atomic E-state index is 13.6. The molecule has 5 rings (SSSR count). The lowest BCUT2D eigenvalue weighted by Gasteiger charge is -2.16. The van der Waals surface area contributed by atoms with Gasteiger partial charge in [0.25, 0.3) is 15.2 Å². The van der Waals surface area contributed by atoms with Crippen molar-refractivity contribution in [3.8, 4) is 0 Å². The van der Waals surface area contributed by atoms with Crippen LogP contribution >= 0.6 is 12.3 Å². The zero-order valence-electron chi connectivity index (χ0n) is 16.8. The van der Waals surface area contributed by atoms with Gasteiger partial charge in [0.15, 0.2) is 12.3 Å². The summed E-state index contributed by atoms with van der Waals surface area (Å²) in [6, 6.07) is 2.12. The molecule has 0 amide bonds. The van der Waals surface area contributed by atoms with Gasteiger partial charge in [0.05, 0.1) is 0 Å². The van der Waals surface area contributed by atoms with E-state index in [-0.39, 0.29) is 24.3 Å². The van der Waals surface area contributed by atoms with Gasteiger partial charge in [-0.05, 0) is 80.8 Å². The highest BCUT2D eigenvalue weighted by Crippen LogP contribution is 2.40. The minimum atomic E-state index is -3.93. The second kappa shape index (κ2) is 7.77. The van der Waals surface area contributed by atoms with Crippen molar-refractivity contribution in [3.05, 3.63) is 28.3 Å². The minimum absolute atomic E-state index is 0.0980. The molecule has 1 unspecified atom stereocenters. The molecule has 1 atom stereocenters. The zero-order valence-corrected chi connectivity index (χ0v) is 18.5. The summed E-state index contributed by atoms with van der Waals surface area (Å²) in [5.41, 5.74) is 6.11. The van der Waals surface area contributed by atoms with E-state index >= 15 is 0 Å². The topological polar surface area (TPSA) is 92.1 Å². The molecule has 1 fully saturated rings. The molecule has 2 aliphatic carbocycles. The van der Waals surface area contributed by atoms with Gasteiger partial charge < -0.3 is 10.2 Å². The van der Waals surface area contributed by atoms with Crippen molar-refractivity contribution in [2.45, 2.75) is 56.1 Å². The third-order valence-corrected chi connectivity index (χ3v) is 7.97. The molecule has 8 nitrogen and oxygen atoms in total. The number of aromatic nitrogens is 3. The fraction of sp³-hybridized carbons (Fsp3) is 0.579. The van der Waals surface area contributed by atoms with Crippen LogP contribution in [0.15, 0.2) is 11.2 Å². The number of benzene rings is 1. The minimum Gasteiger partial charge on any atom is -0.323 e. The standard InChI is InChI=1S/C19H25FN6O2S2/c1-25-9-8-14(11-25)24-30(27,28)19-22-18(26(23-19)29-20)21-17-15-6-2-4-12(15)10-13-5-3-7-16(13)17/h10,14,24H,2-9,11H2,1H3,(H,21,22,23). The summed E-state index contributed by atoms with van der Waals surface area (Å²) < 4.78 is 42.7. The summed E-state index contributed by atoms with van der Waals surface area (Å²) in [5, 5.41) is 6.75. The number of hydrogen-bond donors (Lipinski definition) is 2. The summed E-state index contributed by atoms with van der Waals surface area (Å²) in [5.74, 6) is 0.0980. The molecule has 1 aromatic carbocycles. The van der Waals surface area contributed by atoms with E-state index in [1.165, 1.54) is 22.3 Å². The number of nitrogens with one attached hydrogen (secondary N) is 2. The lowest BCUT2D eigenvalue weighted by atomic mass is 9.99. The lowest BCUT2D eigenvalue weighted by molar-refractivity contribution is 0.407. The molecule has 0 saturated carbocycles. The first-order valence-corrected chi connectivity index (χ1v) is 12.5. The van der Waals surface area contributed by atoms with Crippen LogP contribution in [0.3, 0.4) is 0 Å². The van der Waals surface area contributed by atoms with Crippen LogP contribution in [-0.2, 0) is 35.7 Å². The molecule has 1 aromatic heterocycles. The molecule has 2 heterocycles. The Kier molecular flexibility index (Phi) is 5.24. The SMILES string of the molecule is CN1CCC(NS(=O)(=O)c2nc(Nc3c4c(cc5c3CCC5)CCC4)n(SF)n2)C1. The molecule has 1 saturated heterocycles. The molecule has 30 heavy (non-hydrogen) atoms. The zero-order chi connectivity index (χ0) is 20.9. The highest BCUT2D eigenvalue weighted by molar-refractivity contribution is 7.92. The van der Waals surface area contributed by atoms with Gasteiger partial charge in [-0.15, -0.1) is 13.1 Å². The van der Waals surface area contributed by atoms with Gasteiger partial charge >= 0.3 is 0 Å². The Balaban J connectivity index is 1.46. The first-order chi connectivity index (χ1) is 14.4. The lowest BCUT2D eigenvalue weighted by Crippen LogP contribution is -2.37. The molecule has 2 N–H and O–H groups in total. The van der Waals surface area contributed by atoms with E-state index in [2.05, 4.69) is 31.1 Å². The van der Waals surface area contributed by atoms with Crippen molar-refractivity contribution < 1.29 is 12.3 Å². The summed E-state index contributed by atoms with van der Waals surface area (Å²) in [4.78, 5) is 6.23. The van der Waals surface area contributed by atoms with Crippen LogP contribution in [-0.4, -0.2) is 53.7 Å². The Hall–Kier alpha value is -1.69. The maximum Gasteiger partial charge on any atom is 0.285 e. The van der Waals surface area contributed by atoms with Gasteiger partial charge in [0.1, 0.15) is 0 Å². The molecule has 1 aliphatic heterocycles. The van der Waals surface area contributed by atoms with Gasteiger partial charge in [0, 0.05) is 18.3 Å². The molecule has 2 aromatic rings. The molecule has 0 radical (unpaired) electrons. The molecule has 0 bridgehead atoms. The number of anilines is 2. The van der Waals surface area contributed by atoms with Crippen LogP contribution in [0.1, 0.15) is 41.5 Å². The van der Waals surface area contributed by atoms with Crippen LogP contribution in [0.25, 0.3) is 0 Å². The molecular weight excluding hydrogens is 427 g/mol. The highest BCUT2D eigenvalue weighted by Gasteiger charge is 2.31.